The first-order valence-corrected chi connectivity index (χ1v) is 5.05. The van der Waals surface area contributed by atoms with Crippen molar-refractivity contribution in [2.24, 2.45) is 0 Å². The molecule has 1 aromatic rings. The first-order valence-electron chi connectivity index (χ1n) is 5.05. The fourth-order valence-corrected chi connectivity index (χ4v) is 1.10. The molecule has 0 radical (unpaired) electrons. The molecule has 0 saturated heterocycles. The zero-order valence-electron chi connectivity index (χ0n) is 9.38. The topological polar surface area (TPSA) is 61.4 Å². The summed E-state index contributed by atoms with van der Waals surface area (Å²) >= 11 is 0. The van der Waals surface area contributed by atoms with E-state index in [0.29, 0.717) is 12.1 Å². The van der Waals surface area contributed by atoms with Gasteiger partial charge in [0, 0.05) is 19.2 Å². The van der Waals surface area contributed by atoms with E-state index in [1.165, 1.54) is 19.2 Å². The van der Waals surface area contributed by atoms with Crippen LogP contribution in [0.2, 0.25) is 0 Å². The number of halogens is 1. The minimum absolute atomic E-state index is 0.0507. The lowest BCUT2D eigenvalue weighted by Crippen LogP contribution is -2.24. The van der Waals surface area contributed by atoms with Crippen LogP contribution in [-0.2, 0) is 0 Å². The standard InChI is InChI=1S/C12H13FN2O2/c1-14-12(17)15-10-6-5-9(11(13)8-10)4-2-3-7-16/h5-6,8,16H,3,7H2,1H3,(H2,14,15,17). The maximum atomic E-state index is 13.5. The van der Waals surface area contributed by atoms with Crippen molar-refractivity contribution in [2.45, 2.75) is 6.42 Å². The van der Waals surface area contributed by atoms with Crippen LogP contribution < -0.4 is 10.6 Å². The quantitative estimate of drug-likeness (QED) is 0.678. The highest BCUT2D eigenvalue weighted by molar-refractivity contribution is 5.89. The molecule has 5 heteroatoms. The highest BCUT2D eigenvalue weighted by Gasteiger charge is 2.03. The number of aliphatic hydroxyl groups excluding tert-OH is 1. The molecule has 0 aliphatic rings. The van der Waals surface area contributed by atoms with Crippen molar-refractivity contribution in [1.82, 2.24) is 5.32 Å². The number of anilines is 1. The average Bonchev–Trinajstić information content (AvgIpc) is 2.32. The zero-order chi connectivity index (χ0) is 12.7. The van der Waals surface area contributed by atoms with Gasteiger partial charge in [-0.05, 0) is 18.2 Å². The number of carbonyl (C=O) groups excluding carboxylic acids is 1. The largest absolute Gasteiger partial charge is 0.395 e. The van der Waals surface area contributed by atoms with Crippen LogP contribution in [0.1, 0.15) is 12.0 Å². The van der Waals surface area contributed by atoms with E-state index >= 15 is 0 Å². The minimum Gasteiger partial charge on any atom is -0.395 e. The second-order valence-electron chi connectivity index (χ2n) is 3.17. The Bertz CT molecular complexity index is 463. The third-order valence-corrected chi connectivity index (χ3v) is 1.91. The number of rotatable bonds is 2. The van der Waals surface area contributed by atoms with Crippen LogP contribution in [0.4, 0.5) is 14.9 Å². The number of hydrogen-bond donors (Lipinski definition) is 3. The third-order valence-electron chi connectivity index (χ3n) is 1.91. The van der Waals surface area contributed by atoms with Crippen LogP contribution in [0, 0.1) is 17.7 Å². The van der Waals surface area contributed by atoms with Crippen LogP contribution in [0.15, 0.2) is 18.2 Å². The third kappa shape index (κ3) is 4.13. The maximum Gasteiger partial charge on any atom is 0.318 e. The van der Waals surface area contributed by atoms with Crippen LogP contribution >= 0.6 is 0 Å². The van der Waals surface area contributed by atoms with Crippen molar-refractivity contribution in [2.75, 3.05) is 19.0 Å². The zero-order valence-corrected chi connectivity index (χ0v) is 9.38. The van der Waals surface area contributed by atoms with Crippen LogP contribution in [0.3, 0.4) is 0 Å². The van der Waals surface area contributed by atoms with E-state index < -0.39 is 11.8 Å². The van der Waals surface area contributed by atoms with Crippen molar-refractivity contribution in [3.8, 4) is 11.8 Å². The second kappa shape index (κ2) is 6.51. The highest BCUT2D eigenvalue weighted by Crippen LogP contribution is 2.13. The lowest BCUT2D eigenvalue weighted by Gasteiger charge is -2.04. The van der Waals surface area contributed by atoms with Crippen molar-refractivity contribution < 1.29 is 14.3 Å². The lowest BCUT2D eigenvalue weighted by atomic mass is 10.2. The number of benzene rings is 1. The summed E-state index contributed by atoms with van der Waals surface area (Å²) in [6.45, 7) is -0.0507. The number of amides is 2. The minimum atomic E-state index is -0.510. The molecule has 90 valence electrons. The lowest BCUT2D eigenvalue weighted by molar-refractivity contribution is 0.254. The summed E-state index contributed by atoms with van der Waals surface area (Å²) in [5.74, 6) is 4.71. The normalized spacial score (nSPS) is 9.12. The van der Waals surface area contributed by atoms with Crippen molar-refractivity contribution in [1.29, 1.82) is 0 Å². The van der Waals surface area contributed by atoms with E-state index in [-0.39, 0.29) is 12.2 Å². The molecule has 0 fully saturated rings. The smallest absolute Gasteiger partial charge is 0.318 e. The van der Waals surface area contributed by atoms with Gasteiger partial charge in [-0.1, -0.05) is 11.8 Å². The molecule has 3 N–H and O–H groups in total. The molecule has 0 atom stereocenters. The Morgan fingerprint density at radius 3 is 2.88 bits per heavy atom. The Morgan fingerprint density at radius 1 is 1.53 bits per heavy atom. The molecule has 0 spiro atoms. The van der Waals surface area contributed by atoms with Crippen molar-refractivity contribution >= 4 is 11.7 Å². The number of urea groups is 1. The van der Waals surface area contributed by atoms with Gasteiger partial charge in [-0.15, -0.1) is 0 Å². The molecule has 0 bridgehead atoms. The molecule has 1 aromatic carbocycles. The Kier molecular flexibility index (Phi) is 4.98. The number of carbonyl (C=O) groups is 1. The van der Waals surface area contributed by atoms with Gasteiger partial charge in [-0.25, -0.2) is 9.18 Å². The van der Waals surface area contributed by atoms with Gasteiger partial charge in [0.25, 0.3) is 0 Å². The first-order chi connectivity index (χ1) is 8.17. The second-order valence-corrected chi connectivity index (χ2v) is 3.17. The molecule has 0 aliphatic heterocycles. The summed E-state index contributed by atoms with van der Waals surface area (Å²) in [6, 6.07) is 3.81. The van der Waals surface area contributed by atoms with Gasteiger partial charge in [0.15, 0.2) is 0 Å². The summed E-state index contributed by atoms with van der Waals surface area (Å²) < 4.78 is 13.5. The molecule has 0 unspecified atom stereocenters. The molecule has 17 heavy (non-hydrogen) atoms. The molecule has 4 nitrogen and oxygen atoms in total. The molecular weight excluding hydrogens is 223 g/mol. The van der Waals surface area contributed by atoms with Crippen LogP contribution in [0.5, 0.6) is 0 Å². The van der Waals surface area contributed by atoms with Gasteiger partial charge in [0.2, 0.25) is 0 Å². The Labute approximate surface area is 98.8 Å². The average molecular weight is 236 g/mol. The monoisotopic (exact) mass is 236 g/mol. The summed E-state index contributed by atoms with van der Waals surface area (Å²) in [5.41, 5.74) is 0.593. The molecule has 1 rings (SSSR count). The summed E-state index contributed by atoms with van der Waals surface area (Å²) in [6.07, 6.45) is 0.303. The van der Waals surface area contributed by atoms with Gasteiger partial charge in [0.05, 0.1) is 12.2 Å². The fraction of sp³-hybridized carbons (Fsp3) is 0.250. The van der Waals surface area contributed by atoms with Crippen molar-refractivity contribution in [3.63, 3.8) is 0 Å². The van der Waals surface area contributed by atoms with E-state index in [4.69, 9.17) is 5.11 Å². The molecule has 0 heterocycles. The summed E-state index contributed by atoms with van der Waals surface area (Å²) in [4.78, 5) is 11.0. The van der Waals surface area contributed by atoms with Gasteiger partial charge in [-0.2, -0.15) is 0 Å². The molecule has 2 amide bonds. The highest BCUT2D eigenvalue weighted by atomic mass is 19.1. The molecular formula is C12H13FN2O2. The summed E-state index contributed by atoms with van der Waals surface area (Å²) in [7, 11) is 1.47. The number of nitrogens with one attached hydrogen (secondary N) is 2. The SMILES string of the molecule is CNC(=O)Nc1ccc(C#CCCO)c(F)c1. The van der Waals surface area contributed by atoms with Crippen molar-refractivity contribution in [3.05, 3.63) is 29.6 Å². The van der Waals surface area contributed by atoms with E-state index in [1.807, 2.05) is 0 Å². The van der Waals surface area contributed by atoms with E-state index in [9.17, 15) is 9.18 Å². The van der Waals surface area contributed by atoms with Gasteiger partial charge in [0.1, 0.15) is 5.82 Å². The Morgan fingerprint density at radius 2 is 2.29 bits per heavy atom. The summed E-state index contributed by atoms with van der Waals surface area (Å²) in [5, 5.41) is 13.3. The maximum absolute atomic E-state index is 13.5. The first kappa shape index (κ1) is 13.0. The molecule has 0 aliphatic carbocycles. The molecule has 0 saturated carbocycles. The Balaban J connectivity index is 2.80. The van der Waals surface area contributed by atoms with Crippen LogP contribution in [0.25, 0.3) is 0 Å². The molecule has 0 aromatic heterocycles. The predicted octanol–water partition coefficient (Wildman–Crippen LogP) is 1.31. The number of hydrogen-bond acceptors (Lipinski definition) is 2. The number of aliphatic hydroxyl groups is 1. The van der Waals surface area contributed by atoms with Crippen LogP contribution in [-0.4, -0.2) is 24.8 Å². The van der Waals surface area contributed by atoms with Gasteiger partial charge in [-0.3, -0.25) is 0 Å². The predicted molar refractivity (Wildman–Crippen MR) is 63.1 cm³/mol. The Hall–Kier alpha value is -2.06. The van der Waals surface area contributed by atoms with Gasteiger partial charge < -0.3 is 15.7 Å². The van der Waals surface area contributed by atoms with Gasteiger partial charge >= 0.3 is 6.03 Å². The fourth-order valence-electron chi connectivity index (χ4n) is 1.10. The van der Waals surface area contributed by atoms with E-state index in [2.05, 4.69) is 22.5 Å². The van der Waals surface area contributed by atoms with E-state index in [0.717, 1.165) is 0 Å². The van der Waals surface area contributed by atoms with E-state index in [1.54, 1.807) is 6.07 Å².